The molecule has 7 heteroatoms. The molecule has 0 aliphatic carbocycles. The molecule has 0 unspecified atom stereocenters. The van der Waals surface area contributed by atoms with Crippen LogP contribution in [0.25, 0.3) is 11.4 Å². The molecule has 6 nitrogen and oxygen atoms in total. The van der Waals surface area contributed by atoms with Crippen LogP contribution in [0.1, 0.15) is 12.7 Å². The van der Waals surface area contributed by atoms with Crippen LogP contribution in [0.15, 0.2) is 47.2 Å². The molecule has 0 aromatic carbocycles. The van der Waals surface area contributed by atoms with Crippen LogP contribution >= 0.6 is 11.8 Å². The number of thioether (sulfide) groups is 1. The zero-order chi connectivity index (χ0) is 16.8. The van der Waals surface area contributed by atoms with Gasteiger partial charge < -0.3 is 9.73 Å². The number of hydrogen-bond donors (Lipinski definition) is 1. The summed E-state index contributed by atoms with van der Waals surface area (Å²) in [5.41, 5.74) is 0.884. The number of aromatic nitrogens is 3. The van der Waals surface area contributed by atoms with Crippen molar-refractivity contribution in [2.24, 2.45) is 0 Å². The molecule has 0 saturated heterocycles. The van der Waals surface area contributed by atoms with Gasteiger partial charge in [-0.15, -0.1) is 23.4 Å². The molecule has 23 heavy (non-hydrogen) atoms. The molecule has 2 aromatic rings. The Labute approximate surface area is 139 Å². The van der Waals surface area contributed by atoms with Crippen molar-refractivity contribution in [3.05, 3.63) is 43.4 Å². The predicted octanol–water partition coefficient (Wildman–Crippen LogP) is 2.82. The van der Waals surface area contributed by atoms with Gasteiger partial charge in [-0.05, 0) is 19.9 Å². The number of rotatable bonds is 8. The van der Waals surface area contributed by atoms with Crippen molar-refractivity contribution < 1.29 is 9.21 Å². The lowest BCUT2D eigenvalue weighted by Gasteiger charge is -2.12. The third kappa shape index (κ3) is 3.92. The van der Waals surface area contributed by atoms with E-state index in [1.807, 2.05) is 24.5 Å². The highest BCUT2D eigenvalue weighted by molar-refractivity contribution is 8.00. The highest BCUT2D eigenvalue weighted by atomic mass is 32.2. The molecule has 0 saturated carbocycles. The minimum Gasteiger partial charge on any atom is -0.469 e. The standard InChI is InChI=1S/C16H20N4O2S/c1-5-8-17-15(21)12(4)23-16-19-18-14(20(16)9-6-2)13-7-10-22-11(13)3/h5-7,10,12H,1-2,8-9H2,3-4H3,(H,17,21)/t12-/m1/s1. The quantitative estimate of drug-likeness (QED) is 0.594. The van der Waals surface area contributed by atoms with Gasteiger partial charge in [-0.2, -0.15) is 0 Å². The Hall–Kier alpha value is -2.28. The first-order chi connectivity index (χ1) is 11.1. The second-order valence-electron chi connectivity index (χ2n) is 4.89. The van der Waals surface area contributed by atoms with Gasteiger partial charge in [0.1, 0.15) is 5.76 Å². The van der Waals surface area contributed by atoms with Gasteiger partial charge in [-0.25, -0.2) is 0 Å². The van der Waals surface area contributed by atoms with E-state index in [-0.39, 0.29) is 11.2 Å². The molecule has 0 bridgehead atoms. The van der Waals surface area contributed by atoms with Gasteiger partial charge in [0.25, 0.3) is 0 Å². The molecule has 0 fully saturated rings. The average Bonchev–Trinajstić information content (AvgIpc) is 3.12. The Morgan fingerprint density at radius 3 is 2.87 bits per heavy atom. The second kappa shape index (κ2) is 7.82. The number of allylic oxidation sites excluding steroid dienone is 1. The first kappa shape index (κ1) is 17.1. The molecule has 122 valence electrons. The van der Waals surface area contributed by atoms with Crippen LogP contribution in [0.5, 0.6) is 0 Å². The minimum absolute atomic E-state index is 0.0657. The minimum atomic E-state index is -0.291. The third-order valence-corrected chi connectivity index (χ3v) is 4.28. The zero-order valence-corrected chi connectivity index (χ0v) is 14.1. The van der Waals surface area contributed by atoms with Gasteiger partial charge in [0, 0.05) is 13.1 Å². The van der Waals surface area contributed by atoms with Crippen molar-refractivity contribution in [3.63, 3.8) is 0 Å². The number of aryl methyl sites for hydroxylation is 1. The number of carbonyl (C=O) groups excluding carboxylic acids is 1. The second-order valence-corrected chi connectivity index (χ2v) is 6.20. The topological polar surface area (TPSA) is 73.0 Å². The molecule has 1 amide bonds. The van der Waals surface area contributed by atoms with E-state index in [1.165, 1.54) is 11.8 Å². The van der Waals surface area contributed by atoms with Crippen LogP contribution in [0.3, 0.4) is 0 Å². The average molecular weight is 332 g/mol. The summed E-state index contributed by atoms with van der Waals surface area (Å²) >= 11 is 1.36. The Morgan fingerprint density at radius 1 is 1.48 bits per heavy atom. The maximum atomic E-state index is 12.0. The summed E-state index contributed by atoms with van der Waals surface area (Å²) in [6.07, 6.45) is 5.04. The van der Waals surface area contributed by atoms with Crippen molar-refractivity contribution >= 4 is 17.7 Å². The molecule has 2 heterocycles. The van der Waals surface area contributed by atoms with Gasteiger partial charge in [-0.3, -0.25) is 9.36 Å². The van der Waals surface area contributed by atoms with Crippen LogP contribution < -0.4 is 5.32 Å². The molecule has 2 aromatic heterocycles. The van der Waals surface area contributed by atoms with Crippen LogP contribution in [-0.2, 0) is 11.3 Å². The first-order valence-corrected chi connectivity index (χ1v) is 8.10. The molecular weight excluding hydrogens is 312 g/mol. The van der Waals surface area contributed by atoms with Gasteiger partial charge in [0.05, 0.1) is 17.1 Å². The van der Waals surface area contributed by atoms with Crippen molar-refractivity contribution in [1.29, 1.82) is 0 Å². The number of nitrogens with one attached hydrogen (secondary N) is 1. The van der Waals surface area contributed by atoms with Crippen LogP contribution in [0.4, 0.5) is 0 Å². The van der Waals surface area contributed by atoms with E-state index in [2.05, 4.69) is 28.7 Å². The monoisotopic (exact) mass is 332 g/mol. The lowest BCUT2D eigenvalue weighted by atomic mass is 10.2. The Balaban J connectivity index is 2.24. The Bertz CT molecular complexity index is 705. The molecule has 0 aliphatic rings. The molecule has 0 spiro atoms. The van der Waals surface area contributed by atoms with Crippen LogP contribution in [0, 0.1) is 6.92 Å². The Morgan fingerprint density at radius 2 is 2.26 bits per heavy atom. The summed E-state index contributed by atoms with van der Waals surface area (Å²) < 4.78 is 7.26. The van der Waals surface area contributed by atoms with E-state index in [9.17, 15) is 4.79 Å². The van der Waals surface area contributed by atoms with Gasteiger partial charge >= 0.3 is 0 Å². The first-order valence-electron chi connectivity index (χ1n) is 7.22. The molecule has 0 aliphatic heterocycles. The molecular formula is C16H20N4O2S. The molecule has 0 radical (unpaired) electrons. The number of hydrogen-bond acceptors (Lipinski definition) is 5. The SMILES string of the molecule is C=CCNC(=O)[C@@H](C)Sc1nnc(-c2ccoc2C)n1CC=C. The van der Waals surface area contributed by atoms with E-state index < -0.39 is 0 Å². The fourth-order valence-corrected chi connectivity index (χ4v) is 2.90. The van der Waals surface area contributed by atoms with Gasteiger partial charge in [0.2, 0.25) is 5.91 Å². The van der Waals surface area contributed by atoms with Gasteiger partial charge in [0.15, 0.2) is 11.0 Å². The lowest BCUT2D eigenvalue weighted by molar-refractivity contribution is -0.120. The Kier molecular flexibility index (Phi) is 5.81. The molecule has 1 atom stereocenters. The van der Waals surface area contributed by atoms with Crippen molar-refractivity contribution in [1.82, 2.24) is 20.1 Å². The van der Waals surface area contributed by atoms with E-state index >= 15 is 0 Å². The third-order valence-electron chi connectivity index (χ3n) is 3.20. The van der Waals surface area contributed by atoms with Crippen molar-refractivity contribution in [3.8, 4) is 11.4 Å². The molecule has 2 rings (SSSR count). The fourth-order valence-electron chi connectivity index (χ4n) is 2.01. The van der Waals surface area contributed by atoms with E-state index in [0.717, 1.165) is 11.3 Å². The van der Waals surface area contributed by atoms with E-state index in [4.69, 9.17) is 4.42 Å². The molecule has 1 N–H and O–H groups in total. The summed E-state index contributed by atoms with van der Waals surface area (Å²) in [5, 5.41) is 11.6. The smallest absolute Gasteiger partial charge is 0.233 e. The van der Waals surface area contributed by atoms with Crippen molar-refractivity contribution in [2.45, 2.75) is 30.8 Å². The van der Waals surface area contributed by atoms with Gasteiger partial charge in [-0.1, -0.05) is 23.9 Å². The van der Waals surface area contributed by atoms with Crippen LogP contribution in [-0.4, -0.2) is 32.5 Å². The number of carbonyl (C=O) groups is 1. The summed E-state index contributed by atoms with van der Waals surface area (Å²) in [4.78, 5) is 12.0. The maximum Gasteiger partial charge on any atom is 0.233 e. The number of furan rings is 1. The summed E-state index contributed by atoms with van der Waals surface area (Å²) in [6.45, 7) is 12.1. The summed E-state index contributed by atoms with van der Waals surface area (Å²) in [5.74, 6) is 1.41. The largest absolute Gasteiger partial charge is 0.469 e. The van der Waals surface area contributed by atoms with Crippen molar-refractivity contribution in [2.75, 3.05) is 6.54 Å². The van der Waals surface area contributed by atoms with E-state index in [0.29, 0.717) is 24.1 Å². The highest BCUT2D eigenvalue weighted by Crippen LogP contribution is 2.29. The predicted molar refractivity (Wildman–Crippen MR) is 91.2 cm³/mol. The number of amides is 1. The normalized spacial score (nSPS) is 11.9. The summed E-state index contributed by atoms with van der Waals surface area (Å²) in [7, 11) is 0. The fraction of sp³-hybridized carbons (Fsp3) is 0.312. The highest BCUT2D eigenvalue weighted by Gasteiger charge is 2.21. The van der Waals surface area contributed by atoms with E-state index in [1.54, 1.807) is 18.4 Å². The number of nitrogens with zero attached hydrogens (tertiary/aromatic N) is 3. The summed E-state index contributed by atoms with van der Waals surface area (Å²) in [6, 6.07) is 1.85. The lowest BCUT2D eigenvalue weighted by Crippen LogP contribution is -2.31. The van der Waals surface area contributed by atoms with Crippen LogP contribution in [0.2, 0.25) is 0 Å². The maximum absolute atomic E-state index is 12.0. The zero-order valence-electron chi connectivity index (χ0n) is 13.3.